The summed E-state index contributed by atoms with van der Waals surface area (Å²) in [6.45, 7) is 7.71. The van der Waals surface area contributed by atoms with Crippen LogP contribution in [0.2, 0.25) is 0 Å². The number of phenolic OH excluding ortho intramolecular Hbond substituents is 1. The van der Waals surface area contributed by atoms with Gasteiger partial charge in [0.15, 0.2) is 0 Å². The van der Waals surface area contributed by atoms with Crippen LogP contribution in [-0.4, -0.2) is 84.3 Å². The van der Waals surface area contributed by atoms with Crippen LogP contribution in [0.3, 0.4) is 0 Å². The maximum absolute atomic E-state index is 12.3. The van der Waals surface area contributed by atoms with Crippen molar-refractivity contribution in [3.63, 3.8) is 0 Å². The molecule has 0 radical (unpaired) electrons. The molecule has 1 aliphatic heterocycles. The molecule has 7 atom stereocenters. The maximum Gasteiger partial charge on any atom is 0.303 e. The summed E-state index contributed by atoms with van der Waals surface area (Å²) in [5.74, 6) is 6.78. The second kappa shape index (κ2) is 24.3. The van der Waals surface area contributed by atoms with Crippen LogP contribution in [0.4, 0.5) is 0 Å². The molecule has 8 N–H and O–H groups in total. The highest BCUT2D eigenvalue weighted by atomic mass is 16.4. The third-order valence-corrected chi connectivity index (χ3v) is 11.1. The van der Waals surface area contributed by atoms with E-state index in [2.05, 4.69) is 31.0 Å². The number of aryl methyl sites for hydroxylation is 1. The molecule has 0 saturated heterocycles. The predicted molar refractivity (Wildman–Crippen MR) is 223 cm³/mol. The van der Waals surface area contributed by atoms with Crippen LogP contribution in [0.15, 0.2) is 71.8 Å². The molecule has 56 heavy (non-hydrogen) atoms. The first-order valence-corrected chi connectivity index (χ1v) is 20.8. The second-order valence-electron chi connectivity index (χ2n) is 16.5. The number of nitrogens with one attached hydrogen (secondary N) is 1. The monoisotopic (exact) mass is 776 g/mol. The molecule has 0 bridgehead atoms. The van der Waals surface area contributed by atoms with E-state index < -0.39 is 48.6 Å². The van der Waals surface area contributed by atoms with Crippen molar-refractivity contribution in [1.29, 1.82) is 0 Å². The summed E-state index contributed by atoms with van der Waals surface area (Å²) in [7, 11) is 0. The molecule has 0 aromatic heterocycles. The minimum absolute atomic E-state index is 0.113. The molecular formula is C47H69NO8. The van der Waals surface area contributed by atoms with Gasteiger partial charge in [-0.3, -0.25) is 4.79 Å². The van der Waals surface area contributed by atoms with Crippen LogP contribution in [0, 0.1) is 23.7 Å². The number of aliphatic hydroxyl groups excluding tert-OH is 4. The quantitative estimate of drug-likeness (QED) is 0.0587. The number of phenols is 1. The van der Waals surface area contributed by atoms with Crippen molar-refractivity contribution in [2.24, 2.45) is 11.8 Å². The Balaban J connectivity index is 2.18. The van der Waals surface area contributed by atoms with Gasteiger partial charge in [0, 0.05) is 36.9 Å². The molecule has 0 spiro atoms. The van der Waals surface area contributed by atoms with Crippen molar-refractivity contribution < 1.29 is 40.5 Å². The summed E-state index contributed by atoms with van der Waals surface area (Å²) < 4.78 is 0. The van der Waals surface area contributed by atoms with Crippen molar-refractivity contribution in [2.75, 3.05) is 6.61 Å². The zero-order valence-corrected chi connectivity index (χ0v) is 34.2. The number of unbranched alkanes of at least 4 members (excludes halogenated alkanes) is 1. The van der Waals surface area contributed by atoms with E-state index in [0.29, 0.717) is 44.4 Å². The minimum Gasteiger partial charge on any atom is -0.508 e. The molecule has 0 saturated carbocycles. The van der Waals surface area contributed by atoms with E-state index >= 15 is 0 Å². The number of carbonyl (C=O) groups is 1. The van der Waals surface area contributed by atoms with Crippen LogP contribution < -0.4 is 5.32 Å². The number of carboxylic acid groups (broad SMARTS) is 1. The smallest absolute Gasteiger partial charge is 0.303 e. The lowest BCUT2D eigenvalue weighted by molar-refractivity contribution is -0.137. The topological polar surface area (TPSA) is 171 Å². The third kappa shape index (κ3) is 16.5. The van der Waals surface area contributed by atoms with Crippen LogP contribution in [0.25, 0.3) is 0 Å². The Morgan fingerprint density at radius 1 is 0.982 bits per heavy atom. The van der Waals surface area contributed by atoms with Gasteiger partial charge >= 0.3 is 5.97 Å². The highest BCUT2D eigenvalue weighted by molar-refractivity contribution is 5.66. The van der Waals surface area contributed by atoms with Crippen LogP contribution >= 0.6 is 0 Å². The average Bonchev–Trinajstić information content (AvgIpc) is 3.16. The van der Waals surface area contributed by atoms with E-state index in [1.807, 2.05) is 37.3 Å². The van der Waals surface area contributed by atoms with Gasteiger partial charge in [-0.05, 0) is 97.8 Å². The summed E-state index contributed by atoms with van der Waals surface area (Å²) in [5, 5.41) is 78.6. The Hall–Kier alpha value is -3.49. The first-order valence-electron chi connectivity index (χ1n) is 20.8. The average molecular weight is 776 g/mol. The largest absolute Gasteiger partial charge is 0.508 e. The minimum atomic E-state index is -1.31. The van der Waals surface area contributed by atoms with Gasteiger partial charge in [0.05, 0.1) is 30.5 Å². The number of hydrogen-bond acceptors (Lipinski definition) is 8. The molecule has 0 amide bonds. The Labute approximate surface area is 335 Å². The standard InChI is InChI=1S/C47H69NO8/c1-5-6-16-43(52)44(53)28-25-38-24-23-37-13-8-7-12-36(37)14-10-17-45(47(4,56)31-35-20-26-39(50)27-21-35)48-42(41(38)30-40(51)32-49)15-9-11-34(19-18-33(2)3)22-29-46(54)55/h7-8,12-13,20-21,25-28,33-34,40,42-45,48-53,56H,5-6,9,11,15-19,22-24,29-32H2,1-4H3,(H,54,55)/t34-,40+,42+,43+,44-,45-,47+/m1/s1. The van der Waals surface area contributed by atoms with E-state index in [0.717, 1.165) is 66.4 Å². The van der Waals surface area contributed by atoms with Crippen LogP contribution in [0.5, 0.6) is 5.75 Å². The number of allylic oxidation sites excluding steroid dienone is 2. The number of carboxylic acids is 1. The van der Waals surface area contributed by atoms with Gasteiger partial charge in [-0.1, -0.05) is 114 Å². The van der Waals surface area contributed by atoms with Crippen molar-refractivity contribution in [3.05, 3.63) is 88.5 Å². The molecule has 9 nitrogen and oxygen atoms in total. The van der Waals surface area contributed by atoms with Crippen LogP contribution in [-0.2, 0) is 17.6 Å². The highest BCUT2D eigenvalue weighted by Crippen LogP contribution is 2.31. The van der Waals surface area contributed by atoms with Crippen molar-refractivity contribution in [1.82, 2.24) is 5.32 Å². The Morgan fingerprint density at radius 2 is 1.71 bits per heavy atom. The number of aliphatic hydroxyl groups is 5. The number of aromatic hydroxyl groups is 1. The molecule has 3 rings (SSSR count). The summed E-state index contributed by atoms with van der Waals surface area (Å²) in [4.78, 5) is 11.6. The van der Waals surface area contributed by atoms with E-state index in [9.17, 15) is 40.5 Å². The molecule has 0 fully saturated rings. The summed E-state index contributed by atoms with van der Waals surface area (Å²) >= 11 is 0. The second-order valence-corrected chi connectivity index (χ2v) is 16.5. The van der Waals surface area contributed by atoms with Gasteiger partial charge in [-0.2, -0.15) is 0 Å². The first kappa shape index (κ1) is 46.9. The molecule has 9 heteroatoms. The Morgan fingerprint density at radius 3 is 2.39 bits per heavy atom. The highest BCUT2D eigenvalue weighted by Gasteiger charge is 2.35. The van der Waals surface area contributed by atoms with Crippen molar-refractivity contribution in [2.45, 2.75) is 160 Å². The molecule has 0 unspecified atom stereocenters. The molecule has 2 aromatic rings. The lowest BCUT2D eigenvalue weighted by Crippen LogP contribution is -2.54. The van der Waals surface area contributed by atoms with Gasteiger partial charge in [-0.15, -0.1) is 0 Å². The number of aliphatic carboxylic acids is 1. The number of benzene rings is 2. The summed E-state index contributed by atoms with van der Waals surface area (Å²) in [6, 6.07) is 13.8. The lowest BCUT2D eigenvalue weighted by atomic mass is 9.82. The van der Waals surface area contributed by atoms with Crippen LogP contribution in [0.1, 0.15) is 128 Å². The van der Waals surface area contributed by atoms with E-state index in [1.165, 1.54) is 0 Å². The summed E-state index contributed by atoms with van der Waals surface area (Å²) in [6.07, 6.45) is 9.19. The molecule has 2 aromatic carbocycles. The number of rotatable bonds is 22. The predicted octanol–water partition coefficient (Wildman–Crippen LogP) is 7.00. The fourth-order valence-electron chi connectivity index (χ4n) is 7.62. The van der Waals surface area contributed by atoms with E-state index in [4.69, 9.17) is 0 Å². The fraction of sp³-hybridized carbons (Fsp3) is 0.596. The third-order valence-electron chi connectivity index (χ3n) is 11.1. The van der Waals surface area contributed by atoms with Gasteiger partial charge in [0.2, 0.25) is 0 Å². The number of fused-ring (bicyclic) bond motifs is 1. The van der Waals surface area contributed by atoms with E-state index in [-0.39, 0.29) is 30.9 Å². The molecule has 310 valence electrons. The Bertz CT molecular complexity index is 1590. The van der Waals surface area contributed by atoms with Crippen molar-refractivity contribution in [3.8, 4) is 17.6 Å². The fourth-order valence-corrected chi connectivity index (χ4v) is 7.62. The first-order chi connectivity index (χ1) is 26.7. The molecule has 1 heterocycles. The molecular weight excluding hydrogens is 707 g/mol. The normalized spacial score (nSPS) is 19.9. The Kier molecular flexibility index (Phi) is 20.4. The summed E-state index contributed by atoms with van der Waals surface area (Å²) in [5.41, 5.74) is 3.15. The maximum atomic E-state index is 12.3. The lowest BCUT2D eigenvalue weighted by Gasteiger charge is -2.38. The zero-order valence-electron chi connectivity index (χ0n) is 34.2. The zero-order chi connectivity index (χ0) is 41.1. The van der Waals surface area contributed by atoms with Crippen molar-refractivity contribution >= 4 is 5.97 Å². The molecule has 0 aliphatic carbocycles. The van der Waals surface area contributed by atoms with Gasteiger partial charge < -0.3 is 41.1 Å². The SMILES string of the molecule is CCCC[C@H](O)[C@H](O)C=CC1=C(C[C@H](O)CO)[C@H](CCC[C@@H](CCC(=O)O)CCC(C)C)N[C@@H]([C@@](C)(O)Cc2ccc(O)cc2)CC#Cc2ccccc2CC1. The molecule has 1 aliphatic rings. The van der Waals surface area contributed by atoms with Gasteiger partial charge in [-0.25, -0.2) is 0 Å². The van der Waals surface area contributed by atoms with Gasteiger partial charge in [0.1, 0.15) is 5.75 Å². The van der Waals surface area contributed by atoms with E-state index in [1.54, 1.807) is 37.3 Å². The number of hydrogen-bond donors (Lipinski definition) is 8. The van der Waals surface area contributed by atoms with Gasteiger partial charge in [0.25, 0.3) is 0 Å².